The summed E-state index contributed by atoms with van der Waals surface area (Å²) >= 11 is 0. The lowest BCUT2D eigenvalue weighted by Crippen LogP contribution is -2.35. The van der Waals surface area contributed by atoms with Crippen LogP contribution in [-0.4, -0.2) is 32.2 Å². The molecule has 0 aliphatic heterocycles. The number of nitrogens with zero attached hydrogens (tertiary/aromatic N) is 3. The number of hydrogen-bond donors (Lipinski definition) is 2. The van der Waals surface area contributed by atoms with Crippen molar-refractivity contribution in [2.45, 2.75) is 44.8 Å². The van der Waals surface area contributed by atoms with E-state index in [1.165, 1.54) is 16.9 Å². The summed E-state index contributed by atoms with van der Waals surface area (Å²) in [5.41, 5.74) is 2.24. The van der Waals surface area contributed by atoms with Gasteiger partial charge in [0.25, 0.3) is 5.91 Å². The first-order valence-electron chi connectivity index (χ1n) is 11.5. The molecule has 2 amide bonds. The molecule has 1 aliphatic rings. The Morgan fingerprint density at radius 2 is 1.82 bits per heavy atom. The standard InChI is InChI=1S/C26H26FN5O2/c27-22-11-5-1-8-19(22)15-32-23-12-6-2-7-18(23)13-24(32)26(34)30-21-14-28-31(16-21)17-25(33)29-20-9-3-4-10-20/h1-2,5-8,11-14,16,20H,3-4,9-10,15,17H2,(H,29,33)(H,30,34). The summed E-state index contributed by atoms with van der Waals surface area (Å²) < 4.78 is 17.7. The Labute approximate surface area is 196 Å². The Morgan fingerprint density at radius 1 is 1.06 bits per heavy atom. The molecule has 7 nitrogen and oxygen atoms in total. The van der Waals surface area contributed by atoms with Gasteiger partial charge in [-0.05, 0) is 31.0 Å². The van der Waals surface area contributed by atoms with Gasteiger partial charge in [-0.3, -0.25) is 14.3 Å². The molecular weight excluding hydrogens is 433 g/mol. The second-order valence-corrected chi connectivity index (χ2v) is 8.70. The van der Waals surface area contributed by atoms with Crippen LogP contribution >= 0.6 is 0 Å². The minimum absolute atomic E-state index is 0.0853. The molecule has 1 saturated carbocycles. The van der Waals surface area contributed by atoms with E-state index in [9.17, 15) is 14.0 Å². The van der Waals surface area contributed by atoms with Gasteiger partial charge < -0.3 is 15.2 Å². The summed E-state index contributed by atoms with van der Waals surface area (Å²) in [6.07, 6.45) is 7.49. The Hall–Kier alpha value is -3.94. The Morgan fingerprint density at radius 3 is 2.65 bits per heavy atom. The minimum Gasteiger partial charge on any atom is -0.352 e. The average Bonchev–Trinajstić information content (AvgIpc) is 3.57. The van der Waals surface area contributed by atoms with E-state index >= 15 is 0 Å². The smallest absolute Gasteiger partial charge is 0.272 e. The first kappa shape index (κ1) is 21.9. The second kappa shape index (κ2) is 9.51. The van der Waals surface area contributed by atoms with Gasteiger partial charge in [0.05, 0.1) is 18.4 Å². The van der Waals surface area contributed by atoms with Crippen LogP contribution in [0.4, 0.5) is 10.1 Å². The molecule has 0 atom stereocenters. The minimum atomic E-state index is -0.331. The van der Waals surface area contributed by atoms with Crippen LogP contribution in [0.1, 0.15) is 41.7 Å². The van der Waals surface area contributed by atoms with Crippen LogP contribution in [0, 0.1) is 5.82 Å². The molecule has 34 heavy (non-hydrogen) atoms. The fourth-order valence-electron chi connectivity index (χ4n) is 4.57. The van der Waals surface area contributed by atoms with Gasteiger partial charge in [0, 0.05) is 28.7 Å². The summed E-state index contributed by atoms with van der Waals surface area (Å²) in [5.74, 6) is -0.732. The SMILES string of the molecule is O=C(Cn1cc(NC(=O)c2cc3ccccc3n2Cc2ccccc2F)cn1)NC1CCCC1. The number of carbonyl (C=O) groups excluding carboxylic acids is 2. The van der Waals surface area contributed by atoms with Crippen molar-refractivity contribution in [3.63, 3.8) is 0 Å². The largest absolute Gasteiger partial charge is 0.352 e. The van der Waals surface area contributed by atoms with E-state index in [1.54, 1.807) is 30.5 Å². The fourth-order valence-corrected chi connectivity index (χ4v) is 4.57. The molecule has 0 spiro atoms. The molecular formula is C26H26FN5O2. The van der Waals surface area contributed by atoms with Gasteiger partial charge >= 0.3 is 0 Å². The molecule has 2 N–H and O–H groups in total. The molecule has 0 unspecified atom stereocenters. The maximum Gasteiger partial charge on any atom is 0.272 e. The number of fused-ring (bicyclic) bond motifs is 1. The summed E-state index contributed by atoms with van der Waals surface area (Å²) in [6.45, 7) is 0.323. The lowest BCUT2D eigenvalue weighted by molar-refractivity contribution is -0.122. The molecule has 5 rings (SSSR count). The van der Waals surface area contributed by atoms with Crippen LogP contribution in [0.2, 0.25) is 0 Å². The fraction of sp³-hybridized carbons (Fsp3) is 0.269. The molecule has 0 radical (unpaired) electrons. The monoisotopic (exact) mass is 459 g/mol. The highest BCUT2D eigenvalue weighted by molar-refractivity contribution is 6.06. The highest BCUT2D eigenvalue weighted by Crippen LogP contribution is 2.23. The van der Waals surface area contributed by atoms with Gasteiger partial charge in [-0.2, -0.15) is 5.10 Å². The third-order valence-electron chi connectivity index (χ3n) is 6.25. The van der Waals surface area contributed by atoms with Crippen LogP contribution in [0.25, 0.3) is 10.9 Å². The lowest BCUT2D eigenvalue weighted by Gasteiger charge is -2.12. The first-order valence-corrected chi connectivity index (χ1v) is 11.5. The quantitative estimate of drug-likeness (QED) is 0.432. The van der Waals surface area contributed by atoms with Crippen molar-refractivity contribution in [3.8, 4) is 0 Å². The molecule has 2 aromatic heterocycles. The normalized spacial score (nSPS) is 13.9. The molecule has 1 aliphatic carbocycles. The third kappa shape index (κ3) is 4.71. The van der Waals surface area contributed by atoms with Gasteiger partial charge in [0.2, 0.25) is 5.91 Å². The zero-order valence-electron chi connectivity index (χ0n) is 18.7. The molecule has 1 fully saturated rings. The number of carbonyl (C=O) groups is 2. The van der Waals surface area contributed by atoms with Crippen LogP contribution in [-0.2, 0) is 17.9 Å². The topological polar surface area (TPSA) is 81.0 Å². The van der Waals surface area contributed by atoms with Gasteiger partial charge in [-0.25, -0.2) is 4.39 Å². The van der Waals surface area contributed by atoms with Crippen molar-refractivity contribution >= 4 is 28.4 Å². The summed E-state index contributed by atoms with van der Waals surface area (Å²) in [5, 5.41) is 11.0. The Bertz CT molecular complexity index is 1340. The number of amides is 2. The second-order valence-electron chi connectivity index (χ2n) is 8.70. The van der Waals surface area contributed by atoms with E-state index in [-0.39, 0.29) is 36.8 Å². The van der Waals surface area contributed by atoms with Crippen molar-refractivity contribution in [2.75, 3.05) is 5.32 Å². The van der Waals surface area contributed by atoms with Gasteiger partial charge in [0.1, 0.15) is 18.1 Å². The van der Waals surface area contributed by atoms with Crippen LogP contribution in [0.5, 0.6) is 0 Å². The molecule has 0 bridgehead atoms. The summed E-state index contributed by atoms with van der Waals surface area (Å²) in [7, 11) is 0. The number of hydrogen-bond acceptors (Lipinski definition) is 3. The van der Waals surface area contributed by atoms with Crippen molar-refractivity contribution in [1.29, 1.82) is 0 Å². The number of rotatable bonds is 7. The molecule has 0 saturated heterocycles. The molecule has 2 heterocycles. The van der Waals surface area contributed by atoms with Crippen molar-refractivity contribution in [1.82, 2.24) is 19.7 Å². The van der Waals surface area contributed by atoms with Crippen LogP contribution < -0.4 is 10.6 Å². The van der Waals surface area contributed by atoms with Gasteiger partial charge in [-0.15, -0.1) is 0 Å². The molecule has 4 aromatic rings. The molecule has 2 aromatic carbocycles. The maximum absolute atomic E-state index is 14.3. The summed E-state index contributed by atoms with van der Waals surface area (Å²) in [6, 6.07) is 16.2. The molecule has 8 heteroatoms. The Kier molecular flexibility index (Phi) is 6.12. The summed E-state index contributed by atoms with van der Waals surface area (Å²) in [4.78, 5) is 25.5. The third-order valence-corrected chi connectivity index (χ3v) is 6.25. The van der Waals surface area contributed by atoms with E-state index < -0.39 is 0 Å². The van der Waals surface area contributed by atoms with E-state index in [0.29, 0.717) is 16.9 Å². The first-order chi connectivity index (χ1) is 16.6. The van der Waals surface area contributed by atoms with Gasteiger partial charge in [0.15, 0.2) is 0 Å². The predicted octanol–water partition coefficient (Wildman–Crippen LogP) is 4.34. The van der Waals surface area contributed by atoms with Crippen molar-refractivity contribution < 1.29 is 14.0 Å². The van der Waals surface area contributed by atoms with Gasteiger partial charge in [-0.1, -0.05) is 49.2 Å². The number of benzene rings is 2. The predicted molar refractivity (Wildman–Crippen MR) is 128 cm³/mol. The van der Waals surface area contributed by atoms with Crippen LogP contribution in [0.3, 0.4) is 0 Å². The Balaban J connectivity index is 1.33. The maximum atomic E-state index is 14.3. The average molecular weight is 460 g/mol. The zero-order valence-corrected chi connectivity index (χ0v) is 18.7. The van der Waals surface area contributed by atoms with Crippen LogP contribution in [0.15, 0.2) is 67.0 Å². The molecule has 174 valence electrons. The number of anilines is 1. The van der Waals surface area contributed by atoms with E-state index in [1.807, 2.05) is 28.8 Å². The van der Waals surface area contributed by atoms with Crippen molar-refractivity contribution in [2.24, 2.45) is 0 Å². The highest BCUT2D eigenvalue weighted by Gasteiger charge is 2.19. The number of para-hydroxylation sites is 1. The highest BCUT2D eigenvalue weighted by atomic mass is 19.1. The number of nitrogens with one attached hydrogen (secondary N) is 2. The number of aromatic nitrogens is 3. The lowest BCUT2D eigenvalue weighted by atomic mass is 10.2. The van der Waals surface area contributed by atoms with E-state index in [0.717, 1.165) is 36.6 Å². The number of halogens is 1. The van der Waals surface area contributed by atoms with Crippen molar-refractivity contribution in [3.05, 3.63) is 84.1 Å². The van der Waals surface area contributed by atoms with E-state index in [4.69, 9.17) is 0 Å². The van der Waals surface area contributed by atoms with E-state index in [2.05, 4.69) is 15.7 Å². The zero-order chi connectivity index (χ0) is 23.5.